The van der Waals surface area contributed by atoms with Crippen LogP contribution in [0.4, 0.5) is 20.4 Å². The summed E-state index contributed by atoms with van der Waals surface area (Å²) in [7, 11) is 0. The number of anilines is 1. The molecule has 0 aliphatic carbocycles. The molecule has 20 heavy (non-hydrogen) atoms. The molecule has 0 bridgehead atoms. The summed E-state index contributed by atoms with van der Waals surface area (Å²) in [6.07, 6.45) is 0.854. The average Bonchev–Trinajstić information content (AvgIpc) is 2.37. The Morgan fingerprint density at radius 3 is 2.50 bits per heavy atom. The Kier molecular flexibility index (Phi) is 3.66. The molecule has 3 N–H and O–H groups in total. The van der Waals surface area contributed by atoms with Gasteiger partial charge in [0.2, 0.25) is 5.95 Å². The number of nitrogens with zero attached hydrogens (tertiary/aromatic N) is 3. The molecule has 1 heterocycles. The number of nitro groups is 1. The van der Waals surface area contributed by atoms with Gasteiger partial charge in [0, 0.05) is 18.2 Å². The molecule has 0 fully saturated rings. The molecule has 2 rings (SSSR count). The largest absolute Gasteiger partial charge is 0.433 e. The van der Waals surface area contributed by atoms with E-state index in [0.29, 0.717) is 6.07 Å². The van der Waals surface area contributed by atoms with Gasteiger partial charge in [-0.05, 0) is 0 Å². The van der Waals surface area contributed by atoms with E-state index in [9.17, 15) is 18.9 Å². The molecule has 2 aromatic rings. The third kappa shape index (κ3) is 2.92. The van der Waals surface area contributed by atoms with Crippen molar-refractivity contribution in [3.05, 3.63) is 46.1 Å². The molecule has 0 atom stereocenters. The highest BCUT2D eigenvalue weighted by molar-refractivity contribution is 5.45. The van der Waals surface area contributed by atoms with Crippen molar-refractivity contribution in [2.75, 3.05) is 5.43 Å². The third-order valence-corrected chi connectivity index (χ3v) is 2.11. The molecule has 0 aliphatic rings. The van der Waals surface area contributed by atoms with Crippen molar-refractivity contribution in [2.24, 2.45) is 5.84 Å². The number of nitrogen functional groups attached to an aromatic ring is 1. The van der Waals surface area contributed by atoms with E-state index < -0.39 is 28.1 Å². The summed E-state index contributed by atoms with van der Waals surface area (Å²) < 4.78 is 31.0. The monoisotopic (exact) mass is 283 g/mol. The quantitative estimate of drug-likeness (QED) is 0.498. The average molecular weight is 283 g/mol. The third-order valence-electron chi connectivity index (χ3n) is 2.11. The number of hydrazine groups is 1. The molecular formula is C10H7F2N5O3. The molecule has 0 unspecified atom stereocenters. The van der Waals surface area contributed by atoms with Gasteiger partial charge in [-0.15, -0.1) is 0 Å². The Balaban J connectivity index is 2.42. The lowest BCUT2D eigenvalue weighted by Crippen LogP contribution is -2.11. The van der Waals surface area contributed by atoms with E-state index in [1.807, 2.05) is 0 Å². The highest BCUT2D eigenvalue weighted by Crippen LogP contribution is 2.29. The summed E-state index contributed by atoms with van der Waals surface area (Å²) in [5, 5.41) is 10.8. The fourth-order valence-electron chi connectivity index (χ4n) is 1.33. The zero-order valence-corrected chi connectivity index (χ0v) is 9.71. The van der Waals surface area contributed by atoms with Crippen molar-refractivity contribution < 1.29 is 18.4 Å². The van der Waals surface area contributed by atoms with Crippen LogP contribution in [0.15, 0.2) is 24.4 Å². The first-order chi connectivity index (χ1) is 9.49. The van der Waals surface area contributed by atoms with Gasteiger partial charge in [0.05, 0.1) is 4.92 Å². The van der Waals surface area contributed by atoms with Gasteiger partial charge in [-0.2, -0.15) is 4.98 Å². The molecule has 1 aromatic carbocycles. The summed E-state index contributed by atoms with van der Waals surface area (Å²) in [6, 6.07) is 2.34. The van der Waals surface area contributed by atoms with Crippen molar-refractivity contribution in [1.82, 2.24) is 9.97 Å². The first kappa shape index (κ1) is 13.5. The normalized spacial score (nSPS) is 10.2. The predicted octanol–water partition coefficient (Wildman–Crippen LogP) is 1.74. The van der Waals surface area contributed by atoms with E-state index in [0.717, 1.165) is 18.3 Å². The maximum Gasteiger partial charge on any atom is 0.349 e. The van der Waals surface area contributed by atoms with E-state index >= 15 is 0 Å². The molecule has 0 aliphatic heterocycles. The molecule has 10 heteroatoms. The number of nitrogens with two attached hydrogens (primary N) is 1. The molecule has 104 valence electrons. The lowest BCUT2D eigenvalue weighted by molar-refractivity contribution is -0.386. The topological polar surface area (TPSA) is 116 Å². The first-order valence-corrected chi connectivity index (χ1v) is 5.11. The van der Waals surface area contributed by atoms with Crippen LogP contribution in [0.25, 0.3) is 0 Å². The maximum absolute atomic E-state index is 13.0. The van der Waals surface area contributed by atoms with Crippen LogP contribution in [0.2, 0.25) is 0 Å². The molecule has 0 spiro atoms. The van der Waals surface area contributed by atoms with E-state index in [4.69, 9.17) is 10.6 Å². The van der Waals surface area contributed by atoms with Gasteiger partial charge in [0.1, 0.15) is 23.6 Å². The minimum atomic E-state index is -0.895. The summed E-state index contributed by atoms with van der Waals surface area (Å²) in [5.74, 6) is 2.34. The fourth-order valence-corrected chi connectivity index (χ4v) is 1.33. The van der Waals surface area contributed by atoms with Gasteiger partial charge >= 0.3 is 11.6 Å². The summed E-state index contributed by atoms with van der Waals surface area (Å²) in [4.78, 5) is 17.1. The summed E-state index contributed by atoms with van der Waals surface area (Å²) in [5.41, 5.74) is 1.49. The number of hydrogen-bond donors (Lipinski definition) is 2. The molecule has 0 saturated carbocycles. The smallest absolute Gasteiger partial charge is 0.349 e. The van der Waals surface area contributed by atoms with Crippen molar-refractivity contribution in [3.63, 3.8) is 0 Å². The number of halogens is 2. The van der Waals surface area contributed by atoms with Crippen molar-refractivity contribution in [3.8, 4) is 11.6 Å². The second kappa shape index (κ2) is 5.40. The van der Waals surface area contributed by atoms with Gasteiger partial charge in [-0.1, -0.05) is 0 Å². The van der Waals surface area contributed by atoms with Gasteiger partial charge in [-0.3, -0.25) is 15.5 Å². The number of ether oxygens (including phenoxy) is 1. The van der Waals surface area contributed by atoms with Crippen molar-refractivity contribution in [2.45, 2.75) is 0 Å². The lowest BCUT2D eigenvalue weighted by Gasteiger charge is -2.06. The maximum atomic E-state index is 13.0. The molecule has 8 nitrogen and oxygen atoms in total. The van der Waals surface area contributed by atoms with Crippen molar-refractivity contribution >= 4 is 11.6 Å². The molecule has 1 aromatic heterocycles. The van der Waals surface area contributed by atoms with Crippen LogP contribution in [0.3, 0.4) is 0 Å². The fraction of sp³-hybridized carbons (Fsp3) is 0. The van der Waals surface area contributed by atoms with Crippen LogP contribution in [0.1, 0.15) is 0 Å². The van der Waals surface area contributed by atoms with Crippen LogP contribution in [0.5, 0.6) is 11.6 Å². The van der Waals surface area contributed by atoms with Gasteiger partial charge < -0.3 is 4.74 Å². The minimum Gasteiger partial charge on any atom is -0.433 e. The van der Waals surface area contributed by atoms with Gasteiger partial charge in [0.25, 0.3) is 0 Å². The Morgan fingerprint density at radius 2 is 1.95 bits per heavy atom. The number of nitrogens with one attached hydrogen (secondary N) is 1. The number of rotatable bonds is 4. The zero-order valence-electron chi connectivity index (χ0n) is 9.71. The van der Waals surface area contributed by atoms with Crippen molar-refractivity contribution in [1.29, 1.82) is 0 Å². The van der Waals surface area contributed by atoms with E-state index in [1.165, 1.54) is 0 Å². The Morgan fingerprint density at radius 1 is 1.30 bits per heavy atom. The molecule has 0 amide bonds. The van der Waals surface area contributed by atoms with Crippen LogP contribution in [0, 0.1) is 21.7 Å². The molecule has 0 saturated heterocycles. The van der Waals surface area contributed by atoms with Crippen LogP contribution in [-0.4, -0.2) is 14.9 Å². The van der Waals surface area contributed by atoms with Crippen LogP contribution < -0.4 is 16.0 Å². The predicted molar refractivity (Wildman–Crippen MR) is 62.9 cm³/mol. The molecular weight excluding hydrogens is 276 g/mol. The second-order valence-corrected chi connectivity index (χ2v) is 3.49. The van der Waals surface area contributed by atoms with Crippen LogP contribution in [-0.2, 0) is 0 Å². The molecule has 0 radical (unpaired) electrons. The van der Waals surface area contributed by atoms with Gasteiger partial charge in [-0.25, -0.2) is 19.6 Å². The Bertz CT molecular complexity index is 647. The van der Waals surface area contributed by atoms with Gasteiger partial charge in [0.15, 0.2) is 0 Å². The Hall–Kier alpha value is -2.88. The van der Waals surface area contributed by atoms with E-state index in [-0.39, 0.29) is 11.7 Å². The minimum absolute atomic E-state index is 0.150. The SMILES string of the molecule is NNc1ncc([N+](=O)[O-])c(Oc2cc(F)cc(F)c2)n1. The number of benzene rings is 1. The standard InChI is InChI=1S/C10H7F2N5O3/c11-5-1-6(12)3-7(2-5)20-9-8(17(18)19)4-14-10(15-9)16-13/h1-4H,13H2,(H,14,15,16). The second-order valence-electron chi connectivity index (χ2n) is 3.49. The van der Waals surface area contributed by atoms with E-state index in [2.05, 4.69) is 15.4 Å². The highest BCUT2D eigenvalue weighted by atomic mass is 19.1. The summed E-state index contributed by atoms with van der Waals surface area (Å²) in [6.45, 7) is 0. The van der Waals surface area contributed by atoms with E-state index in [1.54, 1.807) is 0 Å². The zero-order chi connectivity index (χ0) is 14.7. The number of hydrogen-bond acceptors (Lipinski definition) is 7. The Labute approximate surface area is 110 Å². The highest BCUT2D eigenvalue weighted by Gasteiger charge is 2.20. The summed E-state index contributed by atoms with van der Waals surface area (Å²) >= 11 is 0. The van der Waals surface area contributed by atoms with Crippen LogP contribution >= 0.6 is 0 Å². The number of aromatic nitrogens is 2. The lowest BCUT2D eigenvalue weighted by atomic mass is 10.3. The first-order valence-electron chi connectivity index (χ1n) is 5.11.